The van der Waals surface area contributed by atoms with Gasteiger partial charge in [-0.05, 0) is 36.8 Å². The summed E-state index contributed by atoms with van der Waals surface area (Å²) in [5, 5.41) is 4.48. The monoisotopic (exact) mass is 438 g/mol. The summed E-state index contributed by atoms with van der Waals surface area (Å²) >= 11 is 1.07. The molecule has 1 heterocycles. The van der Waals surface area contributed by atoms with Crippen molar-refractivity contribution in [3.8, 4) is 5.75 Å². The number of fused-ring (bicyclic) bond motifs is 1. The summed E-state index contributed by atoms with van der Waals surface area (Å²) in [5.74, 6) is -0.343. The zero-order chi connectivity index (χ0) is 21.7. The number of nitrogens with one attached hydrogen (secondary N) is 2. The van der Waals surface area contributed by atoms with E-state index in [2.05, 4.69) is 10.6 Å². The average molecular weight is 438 g/mol. The second kappa shape index (κ2) is 9.42. The number of alkyl halides is 3. The van der Waals surface area contributed by atoms with Gasteiger partial charge in [-0.15, -0.1) is 11.8 Å². The molecule has 0 aromatic heterocycles. The van der Waals surface area contributed by atoms with E-state index < -0.39 is 22.9 Å². The van der Waals surface area contributed by atoms with Crippen LogP contribution in [0.4, 0.5) is 24.5 Å². The Bertz CT molecular complexity index is 934. The SMILES string of the molecule is CCCCOc1ccccc1NC(=O)C[C@H]1Sc2ccc(C(F)(F)F)cc2NC1=O. The van der Waals surface area contributed by atoms with Gasteiger partial charge in [0.1, 0.15) is 5.75 Å². The van der Waals surface area contributed by atoms with Crippen molar-refractivity contribution in [3.05, 3.63) is 48.0 Å². The highest BCUT2D eigenvalue weighted by Crippen LogP contribution is 2.40. The van der Waals surface area contributed by atoms with Crippen LogP contribution in [-0.4, -0.2) is 23.7 Å². The van der Waals surface area contributed by atoms with E-state index in [1.54, 1.807) is 24.3 Å². The number of hydrogen-bond acceptors (Lipinski definition) is 4. The quantitative estimate of drug-likeness (QED) is 0.574. The van der Waals surface area contributed by atoms with Crippen molar-refractivity contribution in [1.29, 1.82) is 0 Å². The molecule has 0 bridgehead atoms. The summed E-state index contributed by atoms with van der Waals surface area (Å²) in [4.78, 5) is 25.3. The van der Waals surface area contributed by atoms with Gasteiger partial charge in [0.25, 0.3) is 0 Å². The fourth-order valence-corrected chi connectivity index (χ4v) is 3.94. The molecule has 2 aromatic rings. The lowest BCUT2D eigenvalue weighted by Gasteiger charge is -2.24. The van der Waals surface area contributed by atoms with Gasteiger partial charge in [-0.1, -0.05) is 25.5 Å². The number of unbranched alkanes of at least 4 members (excludes halogenated alkanes) is 1. The molecular weight excluding hydrogens is 417 g/mol. The van der Waals surface area contributed by atoms with Gasteiger partial charge in [-0.2, -0.15) is 13.2 Å². The summed E-state index contributed by atoms with van der Waals surface area (Å²) in [7, 11) is 0. The van der Waals surface area contributed by atoms with Crippen LogP contribution in [0.15, 0.2) is 47.4 Å². The van der Waals surface area contributed by atoms with E-state index in [1.165, 1.54) is 6.07 Å². The maximum absolute atomic E-state index is 12.9. The molecule has 1 atom stereocenters. The number of carbonyl (C=O) groups excluding carboxylic acids is 2. The minimum Gasteiger partial charge on any atom is -0.491 e. The maximum Gasteiger partial charge on any atom is 0.416 e. The lowest BCUT2D eigenvalue weighted by atomic mass is 10.1. The summed E-state index contributed by atoms with van der Waals surface area (Å²) in [5.41, 5.74) is -0.223. The number of anilines is 2. The van der Waals surface area contributed by atoms with Crippen LogP contribution < -0.4 is 15.4 Å². The zero-order valence-electron chi connectivity index (χ0n) is 16.2. The first-order chi connectivity index (χ1) is 14.3. The fourth-order valence-electron chi connectivity index (χ4n) is 2.85. The first-order valence-electron chi connectivity index (χ1n) is 9.48. The van der Waals surface area contributed by atoms with Crippen molar-refractivity contribution in [2.24, 2.45) is 0 Å². The van der Waals surface area contributed by atoms with E-state index in [4.69, 9.17) is 4.74 Å². The van der Waals surface area contributed by atoms with Gasteiger partial charge in [-0.25, -0.2) is 0 Å². The highest BCUT2D eigenvalue weighted by Gasteiger charge is 2.34. The van der Waals surface area contributed by atoms with Crippen molar-refractivity contribution in [2.45, 2.75) is 42.5 Å². The van der Waals surface area contributed by atoms with Crippen molar-refractivity contribution < 1.29 is 27.5 Å². The summed E-state index contributed by atoms with van der Waals surface area (Å²) in [6.07, 6.45) is -2.75. The van der Waals surface area contributed by atoms with E-state index in [0.29, 0.717) is 22.9 Å². The van der Waals surface area contributed by atoms with Gasteiger partial charge >= 0.3 is 6.18 Å². The van der Waals surface area contributed by atoms with Gasteiger partial charge in [0, 0.05) is 11.3 Å². The molecule has 1 aliphatic heterocycles. The average Bonchev–Trinajstić information content (AvgIpc) is 2.69. The van der Waals surface area contributed by atoms with Crippen molar-refractivity contribution >= 4 is 35.0 Å². The Hall–Kier alpha value is -2.68. The van der Waals surface area contributed by atoms with E-state index in [0.717, 1.165) is 36.7 Å². The standard InChI is InChI=1S/C21H21F3N2O3S/c1-2-3-10-29-16-7-5-4-6-14(16)25-19(27)12-18-20(28)26-15-11-13(21(22,23)24)8-9-17(15)30-18/h4-9,11,18H,2-3,10,12H2,1H3,(H,25,27)(H,26,28)/t18-/m1/s1. The molecule has 160 valence electrons. The third-order valence-electron chi connectivity index (χ3n) is 4.41. The largest absolute Gasteiger partial charge is 0.491 e. The number of thioether (sulfide) groups is 1. The second-order valence-corrected chi connectivity index (χ2v) is 8.00. The number of rotatable bonds is 7. The predicted octanol–water partition coefficient (Wildman–Crippen LogP) is 5.33. The van der Waals surface area contributed by atoms with E-state index >= 15 is 0 Å². The van der Waals surface area contributed by atoms with Gasteiger partial charge in [0.2, 0.25) is 11.8 Å². The maximum atomic E-state index is 12.9. The molecule has 0 spiro atoms. The van der Waals surface area contributed by atoms with E-state index in [9.17, 15) is 22.8 Å². The third-order valence-corrected chi connectivity index (χ3v) is 5.69. The van der Waals surface area contributed by atoms with E-state index in [-0.39, 0.29) is 18.0 Å². The van der Waals surface area contributed by atoms with Gasteiger partial charge in [-0.3, -0.25) is 9.59 Å². The predicted molar refractivity (Wildman–Crippen MR) is 110 cm³/mol. The number of benzene rings is 2. The number of hydrogen-bond donors (Lipinski definition) is 2. The van der Waals surface area contributed by atoms with Crippen LogP contribution >= 0.6 is 11.8 Å². The van der Waals surface area contributed by atoms with E-state index in [1.807, 2.05) is 6.92 Å². The van der Waals surface area contributed by atoms with Crippen LogP contribution in [0.1, 0.15) is 31.7 Å². The molecule has 0 unspecified atom stereocenters. The molecule has 30 heavy (non-hydrogen) atoms. The molecule has 3 rings (SSSR count). The molecule has 0 radical (unpaired) electrons. The van der Waals surface area contributed by atoms with Gasteiger partial charge in [0.15, 0.2) is 0 Å². The minimum atomic E-state index is -4.49. The van der Waals surface area contributed by atoms with Crippen LogP contribution in [0.5, 0.6) is 5.75 Å². The molecule has 2 amide bonds. The molecule has 0 fully saturated rings. The summed E-state index contributed by atoms with van der Waals surface area (Å²) in [6.45, 7) is 2.58. The Balaban J connectivity index is 1.65. The molecule has 1 aliphatic rings. The van der Waals surface area contributed by atoms with Crippen LogP contribution in [0.3, 0.4) is 0 Å². The number of ether oxygens (including phenoxy) is 1. The van der Waals surface area contributed by atoms with Crippen LogP contribution in [0.25, 0.3) is 0 Å². The van der Waals surface area contributed by atoms with Crippen LogP contribution in [0, 0.1) is 0 Å². The topological polar surface area (TPSA) is 67.4 Å². The Morgan fingerprint density at radius 2 is 2.00 bits per heavy atom. The number of amides is 2. The second-order valence-electron chi connectivity index (χ2n) is 6.75. The third kappa shape index (κ3) is 5.47. The lowest BCUT2D eigenvalue weighted by molar-refractivity contribution is -0.137. The minimum absolute atomic E-state index is 0.103. The molecule has 0 saturated heterocycles. The number of carbonyl (C=O) groups is 2. The smallest absolute Gasteiger partial charge is 0.416 e. The van der Waals surface area contributed by atoms with Crippen LogP contribution in [-0.2, 0) is 15.8 Å². The number of para-hydroxylation sites is 2. The molecule has 2 N–H and O–H groups in total. The molecule has 9 heteroatoms. The first-order valence-corrected chi connectivity index (χ1v) is 10.4. The fraction of sp³-hybridized carbons (Fsp3) is 0.333. The molecule has 0 aliphatic carbocycles. The van der Waals surface area contributed by atoms with Crippen molar-refractivity contribution in [2.75, 3.05) is 17.2 Å². The highest BCUT2D eigenvalue weighted by atomic mass is 32.2. The Kier molecular flexibility index (Phi) is 6.91. The lowest BCUT2D eigenvalue weighted by Crippen LogP contribution is -2.32. The summed E-state index contributed by atoms with van der Waals surface area (Å²) < 4.78 is 44.3. The van der Waals surface area contributed by atoms with Crippen LogP contribution in [0.2, 0.25) is 0 Å². The molecule has 2 aromatic carbocycles. The molecular formula is C21H21F3N2O3S. The van der Waals surface area contributed by atoms with Crippen molar-refractivity contribution in [1.82, 2.24) is 0 Å². The summed E-state index contributed by atoms with van der Waals surface area (Å²) in [6, 6.07) is 10.2. The van der Waals surface area contributed by atoms with Crippen molar-refractivity contribution in [3.63, 3.8) is 0 Å². The Labute approximate surface area is 176 Å². The highest BCUT2D eigenvalue weighted by molar-refractivity contribution is 8.01. The Morgan fingerprint density at radius 3 is 2.73 bits per heavy atom. The first kappa shape index (κ1) is 22.0. The zero-order valence-corrected chi connectivity index (χ0v) is 17.0. The normalized spacial score (nSPS) is 15.9. The van der Waals surface area contributed by atoms with Gasteiger partial charge < -0.3 is 15.4 Å². The Morgan fingerprint density at radius 1 is 1.23 bits per heavy atom. The van der Waals surface area contributed by atoms with Gasteiger partial charge in [0.05, 0.1) is 28.8 Å². The number of halogens is 3. The molecule has 5 nitrogen and oxygen atoms in total. The molecule has 0 saturated carbocycles.